The highest BCUT2D eigenvalue weighted by Crippen LogP contribution is 2.09. The Bertz CT molecular complexity index is 404. The van der Waals surface area contributed by atoms with Crippen LogP contribution in [0.15, 0.2) is 17.8 Å². The zero-order valence-electron chi connectivity index (χ0n) is 7.97. The van der Waals surface area contributed by atoms with Gasteiger partial charge in [-0.15, -0.1) is 11.3 Å². The molecule has 5 heteroatoms. The maximum absolute atomic E-state index is 5.72. The third-order valence-electron chi connectivity index (χ3n) is 1.98. The first-order valence-electron chi connectivity index (χ1n) is 4.43. The van der Waals surface area contributed by atoms with Crippen LogP contribution >= 0.6 is 11.3 Å². The van der Waals surface area contributed by atoms with Crippen LogP contribution in [0, 0.1) is 6.92 Å². The van der Waals surface area contributed by atoms with E-state index >= 15 is 0 Å². The minimum atomic E-state index is 0.582. The van der Waals surface area contributed by atoms with Crippen molar-refractivity contribution in [1.82, 2.24) is 14.5 Å². The molecular weight excluding hydrogens is 196 g/mol. The van der Waals surface area contributed by atoms with E-state index in [1.165, 1.54) is 0 Å². The third-order valence-corrected chi connectivity index (χ3v) is 2.82. The van der Waals surface area contributed by atoms with Crippen molar-refractivity contribution in [3.8, 4) is 0 Å². The van der Waals surface area contributed by atoms with Crippen molar-refractivity contribution in [2.75, 3.05) is 5.73 Å². The lowest BCUT2D eigenvalue weighted by Crippen LogP contribution is -2.04. The summed E-state index contributed by atoms with van der Waals surface area (Å²) in [5.74, 6) is 0.582. The molecule has 0 radical (unpaired) electrons. The largest absolute Gasteiger partial charge is 0.369 e. The lowest BCUT2D eigenvalue weighted by Gasteiger charge is -2.01. The van der Waals surface area contributed by atoms with Crippen LogP contribution in [-0.4, -0.2) is 14.5 Å². The Labute approximate surface area is 86.4 Å². The summed E-state index contributed by atoms with van der Waals surface area (Å²) in [6, 6.07) is 0. The average molecular weight is 208 g/mol. The van der Waals surface area contributed by atoms with Crippen LogP contribution in [-0.2, 0) is 13.0 Å². The maximum Gasteiger partial charge on any atom is 0.200 e. The molecule has 0 saturated carbocycles. The van der Waals surface area contributed by atoms with Crippen molar-refractivity contribution < 1.29 is 0 Å². The second kappa shape index (κ2) is 3.79. The molecule has 2 aromatic heterocycles. The van der Waals surface area contributed by atoms with Crippen molar-refractivity contribution in [2.45, 2.75) is 19.9 Å². The van der Waals surface area contributed by atoms with Gasteiger partial charge in [-0.1, -0.05) is 0 Å². The fraction of sp³-hybridized carbons (Fsp3) is 0.333. The topological polar surface area (TPSA) is 56.7 Å². The minimum Gasteiger partial charge on any atom is -0.369 e. The van der Waals surface area contributed by atoms with Gasteiger partial charge in [-0.3, -0.25) is 0 Å². The summed E-state index contributed by atoms with van der Waals surface area (Å²) in [6.07, 6.45) is 4.70. The van der Waals surface area contributed by atoms with Gasteiger partial charge in [0.15, 0.2) is 5.95 Å². The van der Waals surface area contributed by atoms with E-state index in [1.54, 1.807) is 11.3 Å². The van der Waals surface area contributed by atoms with Crippen molar-refractivity contribution >= 4 is 17.3 Å². The molecule has 0 amide bonds. The third kappa shape index (κ3) is 1.93. The molecule has 2 heterocycles. The van der Waals surface area contributed by atoms with Gasteiger partial charge in [-0.05, 0) is 6.92 Å². The molecule has 0 aromatic carbocycles. The standard InChI is InChI=1S/C9H12N4S/c1-7-6-13(9(10)12-7)4-2-8-11-3-5-14-8/h3,5-6H,2,4H2,1H3,(H2,10,12). The second-order valence-electron chi connectivity index (χ2n) is 3.11. The van der Waals surface area contributed by atoms with Crippen molar-refractivity contribution in [3.63, 3.8) is 0 Å². The number of thiazole rings is 1. The number of aryl methyl sites for hydroxylation is 3. The molecule has 0 aliphatic carbocycles. The van der Waals surface area contributed by atoms with Gasteiger partial charge in [-0.25, -0.2) is 9.97 Å². The van der Waals surface area contributed by atoms with Crippen LogP contribution in [0.5, 0.6) is 0 Å². The Morgan fingerprint density at radius 1 is 1.57 bits per heavy atom. The van der Waals surface area contributed by atoms with E-state index in [0.717, 1.165) is 23.7 Å². The van der Waals surface area contributed by atoms with E-state index in [1.807, 2.05) is 29.3 Å². The molecule has 2 aromatic rings. The second-order valence-corrected chi connectivity index (χ2v) is 4.09. The number of imidazole rings is 1. The predicted molar refractivity (Wildman–Crippen MR) is 57.2 cm³/mol. The lowest BCUT2D eigenvalue weighted by molar-refractivity contribution is 0.702. The molecule has 2 N–H and O–H groups in total. The number of nitrogens with two attached hydrogens (primary N) is 1. The van der Waals surface area contributed by atoms with Crippen molar-refractivity contribution in [1.29, 1.82) is 0 Å². The van der Waals surface area contributed by atoms with Gasteiger partial charge in [-0.2, -0.15) is 0 Å². The monoisotopic (exact) mass is 208 g/mol. The van der Waals surface area contributed by atoms with Gasteiger partial charge in [0.25, 0.3) is 0 Å². The molecule has 0 aliphatic rings. The first-order valence-corrected chi connectivity index (χ1v) is 5.31. The lowest BCUT2D eigenvalue weighted by atomic mass is 10.4. The number of anilines is 1. The molecule has 0 atom stereocenters. The van der Waals surface area contributed by atoms with E-state index in [2.05, 4.69) is 9.97 Å². The Hall–Kier alpha value is -1.36. The summed E-state index contributed by atoms with van der Waals surface area (Å²) in [5, 5.41) is 3.12. The number of nitrogen functional groups attached to an aromatic ring is 1. The van der Waals surface area contributed by atoms with Crippen molar-refractivity contribution in [3.05, 3.63) is 28.5 Å². The zero-order chi connectivity index (χ0) is 9.97. The predicted octanol–water partition coefficient (Wildman–Crippen LogP) is 1.47. The van der Waals surface area contributed by atoms with Crippen LogP contribution in [0.2, 0.25) is 0 Å². The molecule has 0 spiro atoms. The molecule has 0 aliphatic heterocycles. The number of hydrogen-bond acceptors (Lipinski definition) is 4. The first-order chi connectivity index (χ1) is 6.75. The number of hydrogen-bond donors (Lipinski definition) is 1. The Kier molecular flexibility index (Phi) is 2.49. The van der Waals surface area contributed by atoms with Gasteiger partial charge in [0.05, 0.1) is 10.7 Å². The molecule has 74 valence electrons. The van der Waals surface area contributed by atoms with E-state index in [9.17, 15) is 0 Å². The number of aromatic nitrogens is 3. The number of rotatable bonds is 3. The SMILES string of the molecule is Cc1cn(CCc2nccs2)c(N)n1. The summed E-state index contributed by atoms with van der Waals surface area (Å²) in [6.45, 7) is 2.79. The van der Waals surface area contributed by atoms with Gasteiger partial charge >= 0.3 is 0 Å². The highest BCUT2D eigenvalue weighted by Gasteiger charge is 2.02. The van der Waals surface area contributed by atoms with Gasteiger partial charge in [0.1, 0.15) is 0 Å². The average Bonchev–Trinajstić information content (AvgIpc) is 2.72. The van der Waals surface area contributed by atoms with E-state index in [-0.39, 0.29) is 0 Å². The highest BCUT2D eigenvalue weighted by molar-refractivity contribution is 7.09. The van der Waals surface area contributed by atoms with Crippen molar-refractivity contribution in [2.24, 2.45) is 0 Å². The van der Waals surface area contributed by atoms with Crippen LogP contribution in [0.4, 0.5) is 5.95 Å². The Morgan fingerprint density at radius 2 is 2.43 bits per heavy atom. The molecule has 0 unspecified atom stereocenters. The summed E-state index contributed by atoms with van der Waals surface area (Å²) in [5.41, 5.74) is 6.68. The van der Waals surface area contributed by atoms with Crippen LogP contribution in [0.3, 0.4) is 0 Å². The maximum atomic E-state index is 5.72. The molecule has 2 rings (SSSR count). The normalized spacial score (nSPS) is 10.6. The Balaban J connectivity index is 2.01. The molecule has 0 fully saturated rings. The molecule has 0 saturated heterocycles. The van der Waals surface area contributed by atoms with Crippen LogP contribution < -0.4 is 5.73 Å². The van der Waals surface area contributed by atoms with E-state index < -0.39 is 0 Å². The van der Waals surface area contributed by atoms with Crippen LogP contribution in [0.1, 0.15) is 10.7 Å². The molecule has 4 nitrogen and oxygen atoms in total. The van der Waals surface area contributed by atoms with Gasteiger partial charge in [0.2, 0.25) is 0 Å². The van der Waals surface area contributed by atoms with Gasteiger partial charge in [0, 0.05) is 30.7 Å². The molecule has 0 bridgehead atoms. The number of nitrogens with zero attached hydrogens (tertiary/aromatic N) is 3. The summed E-state index contributed by atoms with van der Waals surface area (Å²) >= 11 is 1.67. The fourth-order valence-corrected chi connectivity index (χ4v) is 1.95. The summed E-state index contributed by atoms with van der Waals surface area (Å²) in [7, 11) is 0. The van der Waals surface area contributed by atoms with E-state index in [4.69, 9.17) is 5.73 Å². The first kappa shape index (κ1) is 9.21. The zero-order valence-corrected chi connectivity index (χ0v) is 8.79. The summed E-state index contributed by atoms with van der Waals surface area (Å²) in [4.78, 5) is 8.35. The smallest absolute Gasteiger partial charge is 0.200 e. The van der Waals surface area contributed by atoms with E-state index in [0.29, 0.717) is 5.95 Å². The highest BCUT2D eigenvalue weighted by atomic mass is 32.1. The molecule has 14 heavy (non-hydrogen) atoms. The fourth-order valence-electron chi connectivity index (χ4n) is 1.34. The Morgan fingerprint density at radius 3 is 3.00 bits per heavy atom. The quantitative estimate of drug-likeness (QED) is 0.831. The molecular formula is C9H12N4S. The van der Waals surface area contributed by atoms with Crippen LogP contribution in [0.25, 0.3) is 0 Å². The van der Waals surface area contributed by atoms with Gasteiger partial charge < -0.3 is 10.3 Å². The summed E-state index contributed by atoms with van der Waals surface area (Å²) < 4.78 is 1.96. The minimum absolute atomic E-state index is 0.582.